The Labute approximate surface area is 295 Å². The van der Waals surface area contributed by atoms with Gasteiger partial charge in [-0.15, -0.1) is 0 Å². The Kier molecular flexibility index (Phi) is 13.7. The van der Waals surface area contributed by atoms with Gasteiger partial charge in [-0.2, -0.15) is 0 Å². The molecule has 0 radical (unpaired) electrons. The summed E-state index contributed by atoms with van der Waals surface area (Å²) in [6.07, 6.45) is 1.40. The molecule has 0 bridgehead atoms. The van der Waals surface area contributed by atoms with Crippen molar-refractivity contribution in [1.29, 1.82) is 0 Å². The lowest BCUT2D eigenvalue weighted by atomic mass is 9.95. The molecule has 10 heteroatoms. The van der Waals surface area contributed by atoms with Gasteiger partial charge in [-0.3, -0.25) is 24.0 Å². The van der Waals surface area contributed by atoms with Crippen molar-refractivity contribution in [3.8, 4) is 0 Å². The molecule has 3 aromatic rings. The summed E-state index contributed by atoms with van der Waals surface area (Å²) in [6.45, 7) is 7.68. The van der Waals surface area contributed by atoms with E-state index in [1.54, 1.807) is 7.05 Å². The second-order valence-corrected chi connectivity index (χ2v) is 13.7. The molecule has 1 aliphatic rings. The predicted molar refractivity (Wildman–Crippen MR) is 194 cm³/mol. The highest BCUT2D eigenvalue weighted by Gasteiger charge is 2.38. The van der Waals surface area contributed by atoms with Crippen LogP contribution in [0.15, 0.2) is 91.0 Å². The van der Waals surface area contributed by atoms with Crippen molar-refractivity contribution in [1.82, 2.24) is 26.2 Å². The molecule has 0 spiro atoms. The average Bonchev–Trinajstić information content (AvgIpc) is 3.11. The molecule has 0 aliphatic carbocycles. The van der Waals surface area contributed by atoms with Crippen molar-refractivity contribution in [3.05, 3.63) is 108 Å². The SMILES string of the molecule is CC[C@H](C)[C@@H]1NC(=O)[C@H](CC(C)C)NC(=O)[C@H](Cc2ccccc2)N(C)C(=O)[C@H](Cc2ccccc2)NC(=O)[C@H](Cc2ccccc2)NC1=O. The van der Waals surface area contributed by atoms with Gasteiger partial charge in [-0.25, -0.2) is 0 Å². The van der Waals surface area contributed by atoms with Crippen LogP contribution in [0.4, 0.5) is 0 Å². The molecule has 266 valence electrons. The highest BCUT2D eigenvalue weighted by molar-refractivity contribution is 5.98. The number of amides is 5. The van der Waals surface area contributed by atoms with Crippen LogP contribution < -0.4 is 21.3 Å². The highest BCUT2D eigenvalue weighted by Crippen LogP contribution is 2.17. The molecule has 1 saturated heterocycles. The lowest BCUT2D eigenvalue weighted by Gasteiger charge is -2.32. The smallest absolute Gasteiger partial charge is 0.245 e. The molecule has 1 fully saturated rings. The minimum Gasteiger partial charge on any atom is -0.342 e. The van der Waals surface area contributed by atoms with E-state index >= 15 is 0 Å². The number of likely N-dealkylation sites (N-methyl/N-ethyl adjacent to an activating group) is 1. The molecule has 4 rings (SSSR count). The lowest BCUT2D eigenvalue weighted by Crippen LogP contribution is -2.59. The standard InChI is InChI=1S/C40H51N5O5/c1-6-27(4)35-39(49)42-32(23-28-16-10-7-11-17-28)36(46)43-33(24-29-18-12-8-13-19-29)40(50)45(5)34(25-30-20-14-9-15-21-30)38(48)41-31(22-26(2)3)37(47)44-35/h7-21,26-27,31-35H,6,22-25H2,1-5H3,(H,41,48)(H,42,49)(H,43,46)(H,44,47)/t27-,31-,32-,33-,34-,35-/m0/s1. The fourth-order valence-corrected chi connectivity index (χ4v) is 6.21. The summed E-state index contributed by atoms with van der Waals surface area (Å²) in [5, 5.41) is 11.7. The van der Waals surface area contributed by atoms with Gasteiger partial charge in [0.1, 0.15) is 30.2 Å². The third-order valence-corrected chi connectivity index (χ3v) is 9.34. The molecule has 0 aromatic heterocycles. The number of carbonyl (C=O) groups is 5. The van der Waals surface area contributed by atoms with Crippen molar-refractivity contribution < 1.29 is 24.0 Å². The fraction of sp³-hybridized carbons (Fsp3) is 0.425. The Hall–Kier alpha value is -4.99. The van der Waals surface area contributed by atoms with Gasteiger partial charge in [0.25, 0.3) is 0 Å². The van der Waals surface area contributed by atoms with Crippen molar-refractivity contribution in [2.24, 2.45) is 11.8 Å². The molecule has 6 atom stereocenters. The normalized spacial score (nSPS) is 23.2. The summed E-state index contributed by atoms with van der Waals surface area (Å²) in [5.41, 5.74) is 2.45. The van der Waals surface area contributed by atoms with E-state index < -0.39 is 59.7 Å². The molecule has 0 saturated carbocycles. The fourth-order valence-electron chi connectivity index (χ4n) is 6.21. The number of nitrogens with zero attached hydrogens (tertiary/aromatic N) is 1. The largest absolute Gasteiger partial charge is 0.342 e. The minimum absolute atomic E-state index is 0.0308. The van der Waals surface area contributed by atoms with E-state index in [1.807, 2.05) is 119 Å². The summed E-state index contributed by atoms with van der Waals surface area (Å²) >= 11 is 0. The third-order valence-electron chi connectivity index (χ3n) is 9.34. The second-order valence-electron chi connectivity index (χ2n) is 13.7. The number of hydrogen-bond donors (Lipinski definition) is 4. The van der Waals surface area contributed by atoms with Crippen LogP contribution in [0.25, 0.3) is 0 Å². The van der Waals surface area contributed by atoms with E-state index in [-0.39, 0.29) is 31.1 Å². The summed E-state index contributed by atoms with van der Waals surface area (Å²) < 4.78 is 0. The zero-order chi connectivity index (χ0) is 36.2. The van der Waals surface area contributed by atoms with Crippen LogP contribution in [-0.4, -0.2) is 71.7 Å². The molecular formula is C40H51N5O5. The molecule has 3 aromatic carbocycles. The maximum Gasteiger partial charge on any atom is 0.245 e. The minimum atomic E-state index is -1.06. The van der Waals surface area contributed by atoms with Gasteiger partial charge in [-0.05, 0) is 34.9 Å². The van der Waals surface area contributed by atoms with Crippen LogP contribution in [0.1, 0.15) is 57.2 Å². The molecule has 0 unspecified atom stereocenters. The molecule has 10 nitrogen and oxygen atoms in total. The monoisotopic (exact) mass is 681 g/mol. The highest BCUT2D eigenvalue weighted by atomic mass is 16.2. The van der Waals surface area contributed by atoms with Crippen LogP contribution >= 0.6 is 0 Å². The van der Waals surface area contributed by atoms with Crippen LogP contribution in [0, 0.1) is 11.8 Å². The zero-order valence-electron chi connectivity index (χ0n) is 29.7. The van der Waals surface area contributed by atoms with E-state index in [0.29, 0.717) is 12.8 Å². The molecule has 1 heterocycles. The van der Waals surface area contributed by atoms with E-state index in [0.717, 1.165) is 16.7 Å². The summed E-state index contributed by atoms with van der Waals surface area (Å²) in [7, 11) is 1.55. The van der Waals surface area contributed by atoms with Crippen LogP contribution in [0.3, 0.4) is 0 Å². The van der Waals surface area contributed by atoms with Crippen LogP contribution in [0.5, 0.6) is 0 Å². The topological polar surface area (TPSA) is 137 Å². The Morgan fingerprint density at radius 1 is 0.560 bits per heavy atom. The first-order valence-corrected chi connectivity index (χ1v) is 17.6. The molecule has 50 heavy (non-hydrogen) atoms. The van der Waals surface area contributed by atoms with Gasteiger partial charge in [0.15, 0.2) is 0 Å². The first-order chi connectivity index (χ1) is 24.0. The van der Waals surface area contributed by atoms with Gasteiger partial charge in [0.05, 0.1) is 0 Å². The summed E-state index contributed by atoms with van der Waals surface area (Å²) in [4.78, 5) is 72.2. The Balaban J connectivity index is 1.82. The maximum atomic E-state index is 14.5. The zero-order valence-corrected chi connectivity index (χ0v) is 29.7. The van der Waals surface area contributed by atoms with Gasteiger partial charge in [0.2, 0.25) is 29.5 Å². The molecule has 4 N–H and O–H groups in total. The first-order valence-electron chi connectivity index (χ1n) is 17.6. The lowest BCUT2D eigenvalue weighted by molar-refractivity contribution is -0.142. The van der Waals surface area contributed by atoms with Crippen molar-refractivity contribution >= 4 is 29.5 Å². The first kappa shape index (κ1) is 37.8. The van der Waals surface area contributed by atoms with Crippen LogP contribution in [0.2, 0.25) is 0 Å². The predicted octanol–water partition coefficient (Wildman–Crippen LogP) is 3.59. The van der Waals surface area contributed by atoms with Gasteiger partial charge in [0, 0.05) is 26.3 Å². The van der Waals surface area contributed by atoms with Gasteiger partial charge < -0.3 is 26.2 Å². The Morgan fingerprint density at radius 2 is 1.00 bits per heavy atom. The van der Waals surface area contributed by atoms with E-state index in [9.17, 15) is 24.0 Å². The second kappa shape index (κ2) is 18.1. The molecule has 1 aliphatic heterocycles. The number of carbonyl (C=O) groups excluding carboxylic acids is 5. The van der Waals surface area contributed by atoms with E-state index in [1.165, 1.54) is 4.90 Å². The summed E-state index contributed by atoms with van der Waals surface area (Å²) in [6, 6.07) is 22.9. The number of hydrogen-bond acceptors (Lipinski definition) is 5. The van der Waals surface area contributed by atoms with Gasteiger partial charge in [-0.1, -0.05) is 125 Å². The molecule has 5 amide bonds. The Bertz CT molecular complexity index is 1580. The van der Waals surface area contributed by atoms with Gasteiger partial charge >= 0.3 is 0 Å². The molecular weight excluding hydrogens is 630 g/mol. The quantitative estimate of drug-likeness (QED) is 0.260. The average molecular weight is 682 g/mol. The van der Waals surface area contributed by atoms with Crippen molar-refractivity contribution in [2.45, 2.75) is 90.0 Å². The number of nitrogens with one attached hydrogen (secondary N) is 4. The van der Waals surface area contributed by atoms with Crippen molar-refractivity contribution in [2.75, 3.05) is 7.05 Å². The van der Waals surface area contributed by atoms with Crippen molar-refractivity contribution in [3.63, 3.8) is 0 Å². The van der Waals surface area contributed by atoms with E-state index in [2.05, 4.69) is 21.3 Å². The maximum absolute atomic E-state index is 14.5. The van der Waals surface area contributed by atoms with E-state index in [4.69, 9.17) is 0 Å². The van der Waals surface area contributed by atoms with Crippen LogP contribution in [-0.2, 0) is 43.2 Å². The Morgan fingerprint density at radius 3 is 1.50 bits per heavy atom. The number of benzene rings is 3. The third kappa shape index (κ3) is 10.5. The summed E-state index contributed by atoms with van der Waals surface area (Å²) in [5.74, 6) is -2.79. The number of rotatable bonds is 10.